The Labute approximate surface area is 214 Å². The molecule has 2 atom stereocenters. The molecule has 7 nitrogen and oxygen atoms in total. The summed E-state index contributed by atoms with van der Waals surface area (Å²) in [4.78, 5) is 6.34. The number of nitrogens with zero attached hydrogens (tertiary/aromatic N) is 3. The molecule has 0 spiro atoms. The van der Waals surface area contributed by atoms with Crippen LogP contribution in [0.4, 0.5) is 8.78 Å². The number of aromatic nitrogens is 1. The molecule has 0 saturated carbocycles. The molecule has 5 rings (SSSR count). The number of pyridine rings is 1. The summed E-state index contributed by atoms with van der Waals surface area (Å²) in [6, 6.07) is 12.4. The van der Waals surface area contributed by atoms with Gasteiger partial charge in [-0.25, -0.2) is 14.1 Å². The zero-order valence-corrected chi connectivity index (χ0v) is 20.4. The number of thioether (sulfide) groups is 1. The predicted octanol–water partition coefficient (Wildman–Crippen LogP) is 6.13. The summed E-state index contributed by atoms with van der Waals surface area (Å²) in [6.45, 7) is 0. The summed E-state index contributed by atoms with van der Waals surface area (Å²) < 4.78 is 43.2. The highest BCUT2D eigenvalue weighted by Crippen LogP contribution is 2.37. The fourth-order valence-electron chi connectivity index (χ4n) is 3.48. The van der Waals surface area contributed by atoms with Crippen LogP contribution in [0.1, 0.15) is 11.3 Å². The van der Waals surface area contributed by atoms with Crippen LogP contribution in [0.25, 0.3) is 16.8 Å². The Morgan fingerprint density at radius 1 is 1.28 bits per heavy atom. The van der Waals surface area contributed by atoms with E-state index in [-0.39, 0.29) is 11.1 Å². The third-order valence-electron chi connectivity index (χ3n) is 5.36. The molecule has 11 heteroatoms. The second kappa shape index (κ2) is 10.5. The summed E-state index contributed by atoms with van der Waals surface area (Å²) in [7, 11) is 1.33. The van der Waals surface area contributed by atoms with Crippen molar-refractivity contribution in [1.82, 2.24) is 19.9 Å². The second-order valence-electron chi connectivity index (χ2n) is 7.68. The standard InChI is InChI=1S/C25H19F2N5O2S2/c1-32-22(26)7-3-18(24(32)27)19-4-6-21(23(30-19)15-8-10-33-14-15)34-20-5-2-17(12-16(20)13-28)36-31-25-29-9-11-35-25/h2-12,14,22,25,29,31H,1H3. The molecule has 2 aliphatic heterocycles. The van der Waals surface area contributed by atoms with Crippen LogP contribution in [0, 0.1) is 11.3 Å². The minimum atomic E-state index is -1.55. The molecule has 0 amide bonds. The van der Waals surface area contributed by atoms with Gasteiger partial charge < -0.3 is 19.4 Å². The van der Waals surface area contributed by atoms with Crippen LogP contribution in [-0.2, 0) is 0 Å². The van der Waals surface area contributed by atoms with E-state index in [2.05, 4.69) is 21.1 Å². The van der Waals surface area contributed by atoms with Crippen LogP contribution >= 0.6 is 23.7 Å². The highest BCUT2D eigenvalue weighted by Gasteiger charge is 2.24. The zero-order chi connectivity index (χ0) is 25.1. The fourth-order valence-corrected chi connectivity index (χ4v) is 4.94. The third-order valence-corrected chi connectivity index (χ3v) is 7.17. The Hall–Kier alpha value is -3.72. The average molecular weight is 524 g/mol. The van der Waals surface area contributed by atoms with E-state index in [1.165, 1.54) is 43.7 Å². The number of furan rings is 1. The maximum absolute atomic E-state index is 14.8. The Morgan fingerprint density at radius 3 is 2.89 bits per heavy atom. The number of ether oxygens (including phenoxy) is 1. The van der Waals surface area contributed by atoms with Crippen molar-refractivity contribution in [2.24, 2.45) is 0 Å². The number of hydrogen-bond donors (Lipinski definition) is 2. The first-order valence-electron chi connectivity index (χ1n) is 10.7. The van der Waals surface area contributed by atoms with E-state index in [9.17, 15) is 14.0 Å². The van der Waals surface area contributed by atoms with Gasteiger partial charge in [-0.3, -0.25) is 0 Å². The number of rotatable bonds is 7. The number of halogens is 2. The largest absolute Gasteiger partial charge is 0.472 e. The number of alkyl halides is 1. The lowest BCUT2D eigenvalue weighted by molar-refractivity contribution is 0.157. The van der Waals surface area contributed by atoms with Crippen molar-refractivity contribution in [3.63, 3.8) is 0 Å². The van der Waals surface area contributed by atoms with E-state index in [1.807, 2.05) is 17.7 Å². The van der Waals surface area contributed by atoms with Crippen LogP contribution in [0.2, 0.25) is 0 Å². The van der Waals surface area contributed by atoms with Crippen LogP contribution in [-0.4, -0.2) is 28.7 Å². The van der Waals surface area contributed by atoms with Gasteiger partial charge in [0.1, 0.15) is 23.0 Å². The molecular weight excluding hydrogens is 504 g/mol. The van der Waals surface area contributed by atoms with Gasteiger partial charge in [0.05, 0.1) is 29.4 Å². The maximum Gasteiger partial charge on any atom is 0.201 e. The summed E-state index contributed by atoms with van der Waals surface area (Å²) >= 11 is 3.01. The van der Waals surface area contributed by atoms with E-state index < -0.39 is 12.2 Å². The topological polar surface area (TPSA) is 86.4 Å². The van der Waals surface area contributed by atoms with Crippen molar-refractivity contribution in [2.45, 2.75) is 16.7 Å². The lowest BCUT2D eigenvalue weighted by Crippen LogP contribution is -2.28. The lowest BCUT2D eigenvalue weighted by atomic mass is 10.1. The quantitative estimate of drug-likeness (QED) is 0.281. The molecule has 2 aromatic heterocycles. The van der Waals surface area contributed by atoms with E-state index in [1.54, 1.807) is 42.1 Å². The van der Waals surface area contributed by atoms with Gasteiger partial charge in [-0.1, -0.05) is 11.8 Å². The van der Waals surface area contributed by atoms with Crippen LogP contribution in [0.15, 0.2) is 87.9 Å². The minimum Gasteiger partial charge on any atom is -0.472 e. The molecule has 4 heterocycles. The monoisotopic (exact) mass is 523 g/mol. The Morgan fingerprint density at radius 2 is 2.14 bits per heavy atom. The number of allylic oxidation sites excluding steroid dienone is 2. The smallest absolute Gasteiger partial charge is 0.201 e. The molecule has 0 aliphatic carbocycles. The molecule has 2 N–H and O–H groups in total. The molecule has 0 bridgehead atoms. The van der Waals surface area contributed by atoms with Crippen molar-refractivity contribution < 1.29 is 17.9 Å². The third kappa shape index (κ3) is 4.97. The van der Waals surface area contributed by atoms with Gasteiger partial charge in [-0.15, -0.1) is 0 Å². The molecule has 182 valence electrons. The molecule has 2 aliphatic rings. The Kier molecular flexibility index (Phi) is 6.99. The molecule has 1 aromatic carbocycles. The molecule has 36 heavy (non-hydrogen) atoms. The summed E-state index contributed by atoms with van der Waals surface area (Å²) in [5, 5.41) is 14.8. The first kappa shape index (κ1) is 24.0. The van der Waals surface area contributed by atoms with E-state index in [4.69, 9.17) is 9.15 Å². The van der Waals surface area contributed by atoms with Gasteiger partial charge >= 0.3 is 0 Å². The van der Waals surface area contributed by atoms with Crippen LogP contribution in [0.3, 0.4) is 0 Å². The fraction of sp³-hybridized carbons (Fsp3) is 0.120. The van der Waals surface area contributed by atoms with E-state index in [0.717, 1.165) is 9.80 Å². The number of hydrogen-bond acceptors (Lipinski definition) is 9. The number of nitrogens with one attached hydrogen (secondary N) is 2. The summed E-state index contributed by atoms with van der Waals surface area (Å²) in [5.41, 5.74) is 1.84. The summed E-state index contributed by atoms with van der Waals surface area (Å²) in [6.07, 6.45) is 5.93. The minimum absolute atomic E-state index is 0.0492. The van der Waals surface area contributed by atoms with Crippen molar-refractivity contribution in [1.29, 1.82) is 5.26 Å². The van der Waals surface area contributed by atoms with Gasteiger partial charge in [0, 0.05) is 23.7 Å². The number of likely N-dealkylation sites (N-methyl/N-ethyl adjacent to an activating group) is 1. The molecule has 0 fully saturated rings. The second-order valence-corrected chi connectivity index (χ2v) is 9.61. The molecule has 3 aromatic rings. The lowest BCUT2D eigenvalue weighted by Gasteiger charge is -2.24. The average Bonchev–Trinajstić information content (AvgIpc) is 3.62. The normalized spacial score (nSPS) is 18.9. The highest BCUT2D eigenvalue weighted by molar-refractivity contribution is 8.04. The first-order valence-corrected chi connectivity index (χ1v) is 12.5. The van der Waals surface area contributed by atoms with Gasteiger partial charge in [0.25, 0.3) is 0 Å². The van der Waals surface area contributed by atoms with Crippen LogP contribution in [0.5, 0.6) is 11.5 Å². The van der Waals surface area contributed by atoms with Crippen molar-refractivity contribution in [3.8, 4) is 28.8 Å². The van der Waals surface area contributed by atoms with Crippen molar-refractivity contribution >= 4 is 29.3 Å². The Balaban J connectivity index is 1.44. The van der Waals surface area contributed by atoms with E-state index in [0.29, 0.717) is 34.0 Å². The maximum atomic E-state index is 14.8. The highest BCUT2D eigenvalue weighted by atomic mass is 32.2. The van der Waals surface area contributed by atoms with Crippen molar-refractivity contribution in [3.05, 3.63) is 89.9 Å². The first-order chi connectivity index (χ1) is 17.5. The van der Waals surface area contributed by atoms with Gasteiger partial charge in [-0.2, -0.15) is 9.65 Å². The molecular formula is C25H19F2N5O2S2. The molecule has 2 unspecified atom stereocenters. The van der Waals surface area contributed by atoms with Gasteiger partial charge in [-0.05, 0) is 65.9 Å². The molecule has 0 radical (unpaired) electrons. The predicted molar refractivity (Wildman–Crippen MR) is 136 cm³/mol. The number of nitriles is 1. The van der Waals surface area contributed by atoms with E-state index >= 15 is 0 Å². The molecule has 0 saturated heterocycles. The van der Waals surface area contributed by atoms with Gasteiger partial charge in [0.2, 0.25) is 5.95 Å². The zero-order valence-electron chi connectivity index (χ0n) is 18.8. The summed E-state index contributed by atoms with van der Waals surface area (Å²) in [5.74, 6) is -0.0239. The SMILES string of the molecule is CN1C(F)=C(c2ccc(Oc3ccc(SNC4NC=CS4)cc3C#N)c(-c3ccoc3)n2)C=CC1F. The van der Waals surface area contributed by atoms with Gasteiger partial charge in [0.15, 0.2) is 12.0 Å². The van der Waals surface area contributed by atoms with Crippen molar-refractivity contribution in [2.75, 3.05) is 7.05 Å². The number of benzene rings is 1. The van der Waals surface area contributed by atoms with Crippen LogP contribution < -0.4 is 14.8 Å². The Bertz CT molecular complexity index is 1390.